The van der Waals surface area contributed by atoms with Crippen molar-refractivity contribution in [1.82, 2.24) is 8.87 Å². The van der Waals surface area contributed by atoms with Crippen LogP contribution in [0.25, 0.3) is 0 Å². The molecule has 0 aliphatic carbocycles. The number of thiophene rings is 1. The largest absolute Gasteiger partial charge is 0.497 e. The van der Waals surface area contributed by atoms with E-state index in [2.05, 4.69) is 0 Å². The second kappa shape index (κ2) is 8.16. The number of aryl methyl sites for hydroxylation is 1. The topological polar surface area (TPSA) is 60.8 Å². The highest BCUT2D eigenvalue weighted by atomic mass is 32.2. The third-order valence-corrected chi connectivity index (χ3v) is 6.96. The van der Waals surface area contributed by atoms with Crippen molar-refractivity contribution in [1.29, 1.82) is 0 Å². The molecule has 2 aromatic heterocycles. The van der Waals surface area contributed by atoms with E-state index < -0.39 is 10.0 Å². The lowest BCUT2D eigenvalue weighted by Gasteiger charge is -2.23. The first-order valence-electron chi connectivity index (χ1n) is 8.30. The van der Waals surface area contributed by atoms with Gasteiger partial charge in [0.15, 0.2) is 0 Å². The Morgan fingerprint density at radius 3 is 2.48 bits per heavy atom. The van der Waals surface area contributed by atoms with Gasteiger partial charge in [-0.3, -0.25) is 0 Å². The summed E-state index contributed by atoms with van der Waals surface area (Å²) < 4.78 is 41.0. The lowest BCUT2D eigenvalue weighted by molar-refractivity contribution is 0.375. The standard InChI is InChI=1S/C19H22N2O4S2/c1-20-10-4-6-15(20)13-21(14-17-7-5-11-26-17)27(22,23)19-12-16(24-2)8-9-18(19)25-3/h4-12H,13-14H2,1-3H3. The molecule has 0 radical (unpaired) electrons. The fraction of sp³-hybridized carbons (Fsp3) is 0.263. The summed E-state index contributed by atoms with van der Waals surface area (Å²) >= 11 is 1.53. The molecule has 8 heteroatoms. The second-order valence-electron chi connectivity index (χ2n) is 5.98. The lowest BCUT2D eigenvalue weighted by atomic mass is 10.3. The van der Waals surface area contributed by atoms with Crippen LogP contribution >= 0.6 is 11.3 Å². The molecule has 6 nitrogen and oxygen atoms in total. The summed E-state index contributed by atoms with van der Waals surface area (Å²) in [5.74, 6) is 0.753. The van der Waals surface area contributed by atoms with E-state index in [-0.39, 0.29) is 18.0 Å². The van der Waals surface area contributed by atoms with E-state index in [1.807, 2.05) is 47.5 Å². The van der Waals surface area contributed by atoms with Gasteiger partial charge in [-0.25, -0.2) is 8.42 Å². The van der Waals surface area contributed by atoms with Gasteiger partial charge in [-0.05, 0) is 35.7 Å². The van der Waals surface area contributed by atoms with Gasteiger partial charge in [0.2, 0.25) is 10.0 Å². The summed E-state index contributed by atoms with van der Waals surface area (Å²) in [6.45, 7) is 0.537. The highest BCUT2D eigenvalue weighted by molar-refractivity contribution is 7.89. The number of ether oxygens (including phenoxy) is 2. The maximum atomic E-state index is 13.5. The molecule has 0 spiro atoms. The van der Waals surface area contributed by atoms with E-state index in [0.717, 1.165) is 10.6 Å². The van der Waals surface area contributed by atoms with Crippen molar-refractivity contribution in [2.24, 2.45) is 7.05 Å². The second-order valence-corrected chi connectivity index (χ2v) is 8.92. The number of hydrogen-bond donors (Lipinski definition) is 0. The molecule has 1 aromatic carbocycles. The summed E-state index contributed by atoms with van der Waals surface area (Å²) in [5, 5.41) is 1.94. The maximum absolute atomic E-state index is 13.5. The molecule has 0 amide bonds. The molecule has 0 N–H and O–H groups in total. The van der Waals surface area contributed by atoms with Gasteiger partial charge >= 0.3 is 0 Å². The SMILES string of the molecule is COc1ccc(OC)c(S(=O)(=O)N(Cc2cccs2)Cc2cccn2C)c1. The van der Waals surface area contributed by atoms with Gasteiger partial charge in [0, 0.05) is 36.4 Å². The van der Waals surface area contributed by atoms with Crippen LogP contribution in [-0.4, -0.2) is 31.5 Å². The molecule has 0 saturated heterocycles. The number of nitrogens with zero attached hydrogens (tertiary/aromatic N) is 2. The molecule has 0 bridgehead atoms. The van der Waals surface area contributed by atoms with E-state index in [1.165, 1.54) is 35.9 Å². The molecular weight excluding hydrogens is 384 g/mol. The van der Waals surface area contributed by atoms with Crippen LogP contribution in [0.2, 0.25) is 0 Å². The Morgan fingerprint density at radius 1 is 1.07 bits per heavy atom. The molecule has 27 heavy (non-hydrogen) atoms. The first-order chi connectivity index (χ1) is 13.0. The van der Waals surface area contributed by atoms with Crippen molar-refractivity contribution in [3.63, 3.8) is 0 Å². The molecule has 0 saturated carbocycles. The average Bonchev–Trinajstić information content (AvgIpc) is 3.32. The summed E-state index contributed by atoms with van der Waals surface area (Å²) in [6.07, 6.45) is 1.90. The van der Waals surface area contributed by atoms with Crippen LogP contribution < -0.4 is 9.47 Å². The molecule has 2 heterocycles. The van der Waals surface area contributed by atoms with Crippen LogP contribution in [0.4, 0.5) is 0 Å². The lowest BCUT2D eigenvalue weighted by Crippen LogP contribution is -2.31. The van der Waals surface area contributed by atoms with Crippen LogP contribution in [-0.2, 0) is 30.2 Å². The zero-order valence-corrected chi connectivity index (χ0v) is 17.1. The zero-order valence-electron chi connectivity index (χ0n) is 15.5. The van der Waals surface area contributed by atoms with Crippen molar-refractivity contribution < 1.29 is 17.9 Å². The predicted octanol–water partition coefficient (Wildman–Crippen LogP) is 3.49. The first-order valence-corrected chi connectivity index (χ1v) is 10.6. The smallest absolute Gasteiger partial charge is 0.247 e. The number of methoxy groups -OCH3 is 2. The summed E-state index contributed by atoms with van der Waals surface area (Å²) in [4.78, 5) is 1.06. The fourth-order valence-electron chi connectivity index (χ4n) is 2.77. The van der Waals surface area contributed by atoms with Gasteiger partial charge in [0.1, 0.15) is 16.4 Å². The molecule has 144 valence electrons. The Morgan fingerprint density at radius 2 is 1.89 bits per heavy atom. The van der Waals surface area contributed by atoms with Crippen LogP contribution in [0.3, 0.4) is 0 Å². The molecule has 3 rings (SSSR count). The van der Waals surface area contributed by atoms with Crippen LogP contribution in [0.15, 0.2) is 58.9 Å². The van der Waals surface area contributed by atoms with E-state index in [4.69, 9.17) is 9.47 Å². The van der Waals surface area contributed by atoms with E-state index in [0.29, 0.717) is 11.5 Å². The van der Waals surface area contributed by atoms with E-state index in [1.54, 1.807) is 12.1 Å². The number of aromatic nitrogens is 1. The highest BCUT2D eigenvalue weighted by Crippen LogP contribution is 2.32. The molecule has 0 fully saturated rings. The van der Waals surface area contributed by atoms with Crippen molar-refractivity contribution in [2.75, 3.05) is 14.2 Å². The normalized spacial score (nSPS) is 11.7. The minimum absolute atomic E-state index is 0.0927. The van der Waals surface area contributed by atoms with Gasteiger partial charge in [-0.1, -0.05) is 6.07 Å². The summed E-state index contributed by atoms with van der Waals surface area (Å²) in [6, 6.07) is 12.5. The van der Waals surface area contributed by atoms with Crippen LogP contribution in [0.1, 0.15) is 10.6 Å². The Balaban J connectivity index is 2.05. The maximum Gasteiger partial charge on any atom is 0.247 e. The zero-order chi connectivity index (χ0) is 19.4. The number of benzene rings is 1. The molecule has 0 aliphatic heterocycles. The Hall–Kier alpha value is -2.29. The van der Waals surface area contributed by atoms with Crippen molar-refractivity contribution in [3.8, 4) is 11.5 Å². The quantitative estimate of drug-likeness (QED) is 0.575. The van der Waals surface area contributed by atoms with Gasteiger partial charge in [-0.15, -0.1) is 11.3 Å². The molecule has 0 atom stereocenters. The molecular formula is C19H22N2O4S2. The third kappa shape index (κ3) is 4.18. The Bertz CT molecular complexity index is 995. The first kappa shape index (κ1) is 19.5. The Kier molecular flexibility index (Phi) is 5.88. The minimum Gasteiger partial charge on any atom is -0.497 e. The van der Waals surface area contributed by atoms with Gasteiger partial charge < -0.3 is 14.0 Å². The van der Waals surface area contributed by atoms with E-state index in [9.17, 15) is 8.42 Å². The van der Waals surface area contributed by atoms with Crippen LogP contribution in [0, 0.1) is 0 Å². The van der Waals surface area contributed by atoms with Gasteiger partial charge in [0.05, 0.1) is 20.8 Å². The number of sulfonamides is 1. The average molecular weight is 407 g/mol. The third-order valence-electron chi connectivity index (χ3n) is 4.29. The van der Waals surface area contributed by atoms with Crippen molar-refractivity contribution in [2.45, 2.75) is 18.0 Å². The van der Waals surface area contributed by atoms with E-state index >= 15 is 0 Å². The molecule has 3 aromatic rings. The monoisotopic (exact) mass is 406 g/mol. The Labute approximate surface area is 163 Å². The molecule has 0 unspecified atom stereocenters. The van der Waals surface area contributed by atoms with Crippen molar-refractivity contribution in [3.05, 3.63) is 64.6 Å². The minimum atomic E-state index is -3.82. The summed E-state index contributed by atoms with van der Waals surface area (Å²) in [5.41, 5.74) is 0.900. The number of rotatable bonds is 8. The molecule has 0 aliphatic rings. The summed E-state index contributed by atoms with van der Waals surface area (Å²) in [7, 11) is 1.04. The predicted molar refractivity (Wildman–Crippen MR) is 106 cm³/mol. The van der Waals surface area contributed by atoms with Gasteiger partial charge in [0.25, 0.3) is 0 Å². The fourth-order valence-corrected chi connectivity index (χ4v) is 5.13. The highest BCUT2D eigenvalue weighted by Gasteiger charge is 2.29. The van der Waals surface area contributed by atoms with Crippen molar-refractivity contribution >= 4 is 21.4 Å². The number of hydrogen-bond acceptors (Lipinski definition) is 5. The van der Waals surface area contributed by atoms with Gasteiger partial charge in [-0.2, -0.15) is 4.31 Å². The van der Waals surface area contributed by atoms with Crippen LogP contribution in [0.5, 0.6) is 11.5 Å².